The average Bonchev–Trinajstić information content (AvgIpc) is 2.85. The first kappa shape index (κ1) is 15.1. The molecule has 1 fully saturated rings. The first-order valence-corrected chi connectivity index (χ1v) is 9.60. The van der Waals surface area contributed by atoms with Crippen LogP contribution in [0.1, 0.15) is 12.0 Å². The van der Waals surface area contributed by atoms with E-state index in [0.717, 1.165) is 6.54 Å². The number of benzene rings is 4. The summed E-state index contributed by atoms with van der Waals surface area (Å²) >= 11 is 0. The van der Waals surface area contributed by atoms with E-state index >= 15 is 0 Å². The third-order valence-corrected chi connectivity index (χ3v) is 6.10. The van der Waals surface area contributed by atoms with Crippen LogP contribution in [0, 0.1) is 0 Å². The average molecular weight is 330 g/mol. The van der Waals surface area contributed by atoms with Gasteiger partial charge in [0, 0.05) is 12.0 Å². The third-order valence-electron chi connectivity index (χ3n) is 6.10. The molecule has 0 aliphatic carbocycles. The van der Waals surface area contributed by atoms with E-state index in [9.17, 15) is 0 Å². The first-order valence-electron chi connectivity index (χ1n) is 9.60. The summed E-state index contributed by atoms with van der Waals surface area (Å²) in [5, 5.41) is 8.46. The molecule has 126 valence electrons. The van der Waals surface area contributed by atoms with Crippen LogP contribution in [-0.2, 0) is 6.54 Å². The fourth-order valence-corrected chi connectivity index (χ4v) is 4.68. The van der Waals surface area contributed by atoms with Gasteiger partial charge in [0.2, 0.25) is 0 Å². The van der Waals surface area contributed by atoms with Crippen LogP contribution in [0.2, 0.25) is 0 Å². The molecule has 0 bridgehead atoms. The normalized spacial score (nSPS) is 22.0. The number of likely N-dealkylation sites (N-methyl/N-ethyl adjacent to an activating group) is 1. The summed E-state index contributed by atoms with van der Waals surface area (Å²) in [7, 11) is 2.33. The fourth-order valence-electron chi connectivity index (χ4n) is 4.68. The van der Waals surface area contributed by atoms with Crippen LogP contribution < -0.4 is 9.80 Å². The topological polar surface area (TPSA) is 8.88 Å². The molecule has 1 saturated heterocycles. The molecule has 1 aliphatic heterocycles. The van der Waals surface area contributed by atoms with Crippen molar-refractivity contribution in [3.8, 4) is 0 Å². The van der Waals surface area contributed by atoms with E-state index in [2.05, 4.69) is 61.6 Å². The van der Waals surface area contributed by atoms with E-state index in [4.69, 9.17) is 0 Å². The second-order valence-corrected chi connectivity index (χ2v) is 7.82. The molecule has 4 aromatic rings. The Bertz CT molecular complexity index is 1020. The summed E-state index contributed by atoms with van der Waals surface area (Å²) in [6, 6.07) is 20.6. The summed E-state index contributed by atoms with van der Waals surface area (Å²) in [6.45, 7) is 6.36. The summed E-state index contributed by atoms with van der Waals surface area (Å²) in [6.07, 6.45) is 1.34. The van der Waals surface area contributed by atoms with Crippen molar-refractivity contribution < 1.29 is 9.80 Å². The van der Waals surface area contributed by atoms with Gasteiger partial charge < -0.3 is 9.80 Å². The molecule has 2 N–H and O–H groups in total. The highest BCUT2D eigenvalue weighted by molar-refractivity contribution is 6.23. The van der Waals surface area contributed by atoms with E-state index in [1.54, 1.807) is 9.80 Å². The molecular formula is C23H26N2+2. The molecule has 1 aliphatic rings. The first-order chi connectivity index (χ1) is 12.3. The van der Waals surface area contributed by atoms with Crippen LogP contribution in [-0.4, -0.2) is 33.2 Å². The Labute approximate surface area is 149 Å². The largest absolute Gasteiger partial charge is 0.333 e. The zero-order valence-corrected chi connectivity index (χ0v) is 14.9. The molecule has 0 spiro atoms. The van der Waals surface area contributed by atoms with Gasteiger partial charge in [-0.25, -0.2) is 0 Å². The van der Waals surface area contributed by atoms with Crippen molar-refractivity contribution in [2.45, 2.75) is 13.0 Å². The molecule has 25 heavy (non-hydrogen) atoms. The Hall–Kier alpha value is -2.16. The van der Waals surface area contributed by atoms with Gasteiger partial charge in [-0.3, -0.25) is 0 Å². The number of hydrogen-bond acceptors (Lipinski definition) is 0. The second-order valence-electron chi connectivity index (χ2n) is 7.82. The minimum absolute atomic E-state index is 1.15. The van der Waals surface area contributed by atoms with Crippen molar-refractivity contribution in [2.75, 3.05) is 33.2 Å². The third kappa shape index (κ3) is 2.57. The van der Waals surface area contributed by atoms with Crippen molar-refractivity contribution in [3.63, 3.8) is 0 Å². The minimum atomic E-state index is 1.15. The zero-order valence-electron chi connectivity index (χ0n) is 14.9. The molecule has 2 nitrogen and oxygen atoms in total. The van der Waals surface area contributed by atoms with Gasteiger partial charge in [0.25, 0.3) is 0 Å². The van der Waals surface area contributed by atoms with Gasteiger partial charge in [-0.1, -0.05) is 54.6 Å². The lowest BCUT2D eigenvalue weighted by atomic mass is 9.92. The molecule has 0 amide bonds. The molecule has 4 aromatic carbocycles. The number of rotatable bonds is 2. The summed E-state index contributed by atoms with van der Waals surface area (Å²) in [4.78, 5) is 3.43. The summed E-state index contributed by atoms with van der Waals surface area (Å²) in [5.41, 5.74) is 1.51. The Morgan fingerprint density at radius 3 is 2.28 bits per heavy atom. The molecule has 5 rings (SSSR count). The smallest absolute Gasteiger partial charge is 0.127 e. The summed E-state index contributed by atoms with van der Waals surface area (Å²) < 4.78 is 0. The molecule has 0 saturated carbocycles. The van der Waals surface area contributed by atoms with E-state index in [1.807, 2.05) is 0 Å². The van der Waals surface area contributed by atoms with Gasteiger partial charge in [-0.05, 0) is 32.3 Å². The van der Waals surface area contributed by atoms with E-state index < -0.39 is 0 Å². The van der Waals surface area contributed by atoms with Crippen LogP contribution in [0.3, 0.4) is 0 Å². The van der Waals surface area contributed by atoms with Crippen molar-refractivity contribution in [1.82, 2.24) is 0 Å². The van der Waals surface area contributed by atoms with Gasteiger partial charge in [0.1, 0.15) is 19.6 Å². The van der Waals surface area contributed by atoms with Crippen molar-refractivity contribution in [2.24, 2.45) is 0 Å². The van der Waals surface area contributed by atoms with Crippen LogP contribution in [0.25, 0.3) is 32.3 Å². The lowest BCUT2D eigenvalue weighted by Crippen LogP contribution is -3.15. The highest BCUT2D eigenvalue weighted by Gasteiger charge is 2.19. The maximum Gasteiger partial charge on any atom is 0.127 e. The van der Waals surface area contributed by atoms with Crippen molar-refractivity contribution in [3.05, 3.63) is 60.2 Å². The maximum absolute atomic E-state index is 2.37. The predicted molar refractivity (Wildman–Crippen MR) is 106 cm³/mol. The SMILES string of the molecule is C[NH+]1CCC[NH+](Cc2ccc3ccc4cccc5ccc2c3c45)CC1. The standard InChI is InChI=1S/C23H24N2/c1-24-12-3-13-25(15-14-24)16-20-9-8-19-7-6-17-4-2-5-18-10-11-21(20)23(19)22(17)18/h2,4-11H,3,12-16H2,1H3/p+2. The number of hydrogen-bond donors (Lipinski definition) is 2. The Kier molecular flexibility index (Phi) is 3.61. The van der Waals surface area contributed by atoms with Crippen molar-refractivity contribution >= 4 is 32.3 Å². The monoisotopic (exact) mass is 330 g/mol. The van der Waals surface area contributed by atoms with Gasteiger partial charge in [0.05, 0.1) is 20.1 Å². The van der Waals surface area contributed by atoms with Gasteiger partial charge >= 0.3 is 0 Å². The second kappa shape index (κ2) is 5.98. The minimum Gasteiger partial charge on any atom is -0.333 e. The fraction of sp³-hybridized carbons (Fsp3) is 0.304. The lowest BCUT2D eigenvalue weighted by Gasteiger charge is -2.19. The number of nitrogens with one attached hydrogen (secondary N) is 2. The Morgan fingerprint density at radius 1 is 0.720 bits per heavy atom. The predicted octanol–water partition coefficient (Wildman–Crippen LogP) is 1.89. The molecule has 2 unspecified atom stereocenters. The maximum atomic E-state index is 2.37. The molecular weight excluding hydrogens is 304 g/mol. The number of quaternary nitrogens is 2. The highest BCUT2D eigenvalue weighted by atomic mass is 15.2. The summed E-state index contributed by atoms with van der Waals surface area (Å²) in [5.74, 6) is 0. The van der Waals surface area contributed by atoms with Gasteiger partial charge in [0.15, 0.2) is 0 Å². The van der Waals surface area contributed by atoms with Crippen LogP contribution in [0.5, 0.6) is 0 Å². The van der Waals surface area contributed by atoms with Crippen LogP contribution in [0.15, 0.2) is 54.6 Å². The van der Waals surface area contributed by atoms with Crippen LogP contribution >= 0.6 is 0 Å². The quantitative estimate of drug-likeness (QED) is 0.520. The van der Waals surface area contributed by atoms with Gasteiger partial charge in [-0.15, -0.1) is 0 Å². The molecule has 2 heteroatoms. The van der Waals surface area contributed by atoms with E-state index in [0.29, 0.717) is 0 Å². The van der Waals surface area contributed by atoms with Crippen LogP contribution in [0.4, 0.5) is 0 Å². The van der Waals surface area contributed by atoms with E-state index in [-0.39, 0.29) is 0 Å². The molecule has 0 radical (unpaired) electrons. The highest BCUT2D eigenvalue weighted by Crippen LogP contribution is 2.35. The Balaban J connectivity index is 1.63. The zero-order chi connectivity index (χ0) is 16.8. The lowest BCUT2D eigenvalue weighted by molar-refractivity contribution is -0.938. The van der Waals surface area contributed by atoms with Gasteiger partial charge in [-0.2, -0.15) is 0 Å². The molecule has 2 atom stereocenters. The molecule has 1 heterocycles. The molecule has 0 aromatic heterocycles. The Morgan fingerprint density at radius 2 is 1.44 bits per heavy atom. The van der Waals surface area contributed by atoms with E-state index in [1.165, 1.54) is 70.5 Å². The van der Waals surface area contributed by atoms with Crippen molar-refractivity contribution in [1.29, 1.82) is 0 Å².